The third-order valence-corrected chi connectivity index (χ3v) is 3.45. The lowest BCUT2D eigenvalue weighted by atomic mass is 10.1. The van der Waals surface area contributed by atoms with E-state index in [1.807, 2.05) is 0 Å². The molecular formula is C11H20N2O. The quantitative estimate of drug-likeness (QED) is 0.665. The molecule has 1 unspecified atom stereocenters. The van der Waals surface area contributed by atoms with Gasteiger partial charge in [0.2, 0.25) is 0 Å². The number of hydrogen-bond donors (Lipinski definition) is 0. The molecule has 0 aliphatic carbocycles. The van der Waals surface area contributed by atoms with E-state index < -0.39 is 0 Å². The Morgan fingerprint density at radius 1 is 1.36 bits per heavy atom. The largest absolute Gasteiger partial charge is 0.300 e. The maximum absolute atomic E-state index is 10.9. The van der Waals surface area contributed by atoms with E-state index in [2.05, 4.69) is 9.80 Å². The number of ketones is 1. The molecule has 0 aromatic carbocycles. The van der Waals surface area contributed by atoms with Crippen LogP contribution in [-0.2, 0) is 4.79 Å². The van der Waals surface area contributed by atoms with Crippen LogP contribution < -0.4 is 0 Å². The number of carbonyl (C=O) groups excluding carboxylic acids is 1. The van der Waals surface area contributed by atoms with Gasteiger partial charge < -0.3 is 4.90 Å². The summed E-state index contributed by atoms with van der Waals surface area (Å²) in [7, 11) is 0. The number of nitrogens with zero attached hydrogens (tertiary/aromatic N) is 2. The predicted octanol–water partition coefficient (Wildman–Crippen LogP) is 0.746. The molecule has 2 heterocycles. The minimum atomic E-state index is 0.318. The summed E-state index contributed by atoms with van der Waals surface area (Å²) < 4.78 is 0. The molecule has 0 saturated carbocycles. The van der Waals surface area contributed by atoms with Gasteiger partial charge in [0.25, 0.3) is 0 Å². The van der Waals surface area contributed by atoms with Gasteiger partial charge in [0.15, 0.2) is 0 Å². The molecule has 0 spiro atoms. The zero-order valence-electron chi connectivity index (χ0n) is 9.04. The number of rotatable bonds is 3. The summed E-state index contributed by atoms with van der Waals surface area (Å²) in [6, 6.07) is 0.788. The Labute approximate surface area is 86.1 Å². The van der Waals surface area contributed by atoms with E-state index in [-0.39, 0.29) is 0 Å². The van der Waals surface area contributed by atoms with Gasteiger partial charge in [-0.05, 0) is 26.3 Å². The van der Waals surface area contributed by atoms with Gasteiger partial charge in [-0.25, -0.2) is 0 Å². The summed E-state index contributed by atoms with van der Waals surface area (Å²) in [4.78, 5) is 15.9. The highest BCUT2D eigenvalue weighted by atomic mass is 16.1. The first-order chi connectivity index (χ1) is 6.75. The first-order valence-corrected chi connectivity index (χ1v) is 5.71. The lowest BCUT2D eigenvalue weighted by Crippen LogP contribution is -2.50. The van der Waals surface area contributed by atoms with Gasteiger partial charge in [-0.15, -0.1) is 0 Å². The normalized spacial score (nSPS) is 29.1. The second-order valence-corrected chi connectivity index (χ2v) is 4.58. The van der Waals surface area contributed by atoms with Gasteiger partial charge in [0.1, 0.15) is 5.78 Å². The van der Waals surface area contributed by atoms with E-state index in [9.17, 15) is 4.79 Å². The zero-order valence-corrected chi connectivity index (χ0v) is 9.04. The second kappa shape index (κ2) is 4.41. The molecule has 0 aromatic rings. The van der Waals surface area contributed by atoms with Crippen molar-refractivity contribution in [2.75, 3.05) is 32.7 Å². The molecular weight excluding hydrogens is 176 g/mol. The Morgan fingerprint density at radius 3 is 3.00 bits per heavy atom. The van der Waals surface area contributed by atoms with Gasteiger partial charge in [-0.2, -0.15) is 0 Å². The fourth-order valence-corrected chi connectivity index (χ4v) is 2.57. The molecule has 0 radical (unpaired) electrons. The number of carbonyl (C=O) groups is 1. The number of piperazine rings is 1. The predicted molar refractivity (Wildman–Crippen MR) is 56.3 cm³/mol. The SMILES string of the molecule is CC(=O)CCN1CCN2CCCC2C1. The Bertz CT molecular complexity index is 217. The van der Waals surface area contributed by atoms with Gasteiger partial charge in [0, 0.05) is 38.6 Å². The van der Waals surface area contributed by atoms with Crippen LogP contribution in [0.4, 0.5) is 0 Å². The van der Waals surface area contributed by atoms with Gasteiger partial charge in [0.05, 0.1) is 0 Å². The van der Waals surface area contributed by atoms with Crippen molar-refractivity contribution in [3.63, 3.8) is 0 Å². The average molecular weight is 196 g/mol. The summed E-state index contributed by atoms with van der Waals surface area (Å²) >= 11 is 0. The van der Waals surface area contributed by atoms with Crippen LogP contribution in [0.3, 0.4) is 0 Å². The molecule has 0 aromatic heterocycles. The minimum Gasteiger partial charge on any atom is -0.300 e. The Morgan fingerprint density at radius 2 is 2.21 bits per heavy atom. The molecule has 2 rings (SSSR count). The monoisotopic (exact) mass is 196 g/mol. The van der Waals surface area contributed by atoms with Crippen molar-refractivity contribution < 1.29 is 4.79 Å². The fourth-order valence-electron chi connectivity index (χ4n) is 2.57. The van der Waals surface area contributed by atoms with Crippen molar-refractivity contribution in [3.05, 3.63) is 0 Å². The van der Waals surface area contributed by atoms with Crippen LogP contribution in [0.25, 0.3) is 0 Å². The van der Waals surface area contributed by atoms with Crippen molar-refractivity contribution in [3.8, 4) is 0 Å². The summed E-state index contributed by atoms with van der Waals surface area (Å²) in [6.07, 6.45) is 3.45. The van der Waals surface area contributed by atoms with Crippen molar-refractivity contribution >= 4 is 5.78 Å². The maximum Gasteiger partial charge on any atom is 0.131 e. The summed E-state index contributed by atoms with van der Waals surface area (Å²) in [5.41, 5.74) is 0. The van der Waals surface area contributed by atoms with E-state index >= 15 is 0 Å². The van der Waals surface area contributed by atoms with E-state index in [1.54, 1.807) is 6.92 Å². The van der Waals surface area contributed by atoms with Crippen LogP contribution in [0.5, 0.6) is 0 Å². The molecule has 0 N–H and O–H groups in total. The van der Waals surface area contributed by atoms with Gasteiger partial charge in [-0.1, -0.05) is 0 Å². The van der Waals surface area contributed by atoms with E-state index in [0.29, 0.717) is 5.78 Å². The summed E-state index contributed by atoms with van der Waals surface area (Å²) in [5, 5.41) is 0. The summed E-state index contributed by atoms with van der Waals surface area (Å²) in [5.74, 6) is 0.318. The van der Waals surface area contributed by atoms with Crippen molar-refractivity contribution in [1.82, 2.24) is 9.80 Å². The van der Waals surface area contributed by atoms with E-state index in [1.165, 1.54) is 32.5 Å². The highest BCUT2D eigenvalue weighted by molar-refractivity contribution is 5.75. The third-order valence-electron chi connectivity index (χ3n) is 3.45. The lowest BCUT2D eigenvalue weighted by Gasteiger charge is -2.37. The first-order valence-electron chi connectivity index (χ1n) is 5.71. The number of fused-ring (bicyclic) bond motifs is 1. The standard InChI is InChI=1S/C11H20N2O/c1-10(14)4-6-12-7-8-13-5-2-3-11(13)9-12/h11H,2-9H2,1H3. The molecule has 0 amide bonds. The average Bonchev–Trinajstić information content (AvgIpc) is 2.61. The van der Waals surface area contributed by atoms with Crippen molar-refractivity contribution in [2.24, 2.45) is 0 Å². The van der Waals surface area contributed by atoms with E-state index in [0.717, 1.165) is 25.6 Å². The van der Waals surface area contributed by atoms with Gasteiger partial charge in [-0.3, -0.25) is 9.69 Å². The number of Topliss-reactive ketones (excluding diaryl/α,β-unsaturated/α-hetero) is 1. The Hall–Kier alpha value is -0.410. The Balaban J connectivity index is 1.77. The molecule has 2 aliphatic rings. The van der Waals surface area contributed by atoms with Crippen LogP contribution in [0.15, 0.2) is 0 Å². The minimum absolute atomic E-state index is 0.318. The second-order valence-electron chi connectivity index (χ2n) is 4.58. The van der Waals surface area contributed by atoms with Crippen LogP contribution in [0, 0.1) is 0 Å². The van der Waals surface area contributed by atoms with Crippen LogP contribution >= 0.6 is 0 Å². The topological polar surface area (TPSA) is 23.6 Å². The molecule has 14 heavy (non-hydrogen) atoms. The van der Waals surface area contributed by atoms with Gasteiger partial charge >= 0.3 is 0 Å². The van der Waals surface area contributed by atoms with Crippen LogP contribution in [-0.4, -0.2) is 54.3 Å². The van der Waals surface area contributed by atoms with Crippen LogP contribution in [0.1, 0.15) is 26.2 Å². The highest BCUT2D eigenvalue weighted by Gasteiger charge is 2.30. The van der Waals surface area contributed by atoms with E-state index in [4.69, 9.17) is 0 Å². The molecule has 3 nitrogen and oxygen atoms in total. The van der Waals surface area contributed by atoms with Crippen molar-refractivity contribution in [1.29, 1.82) is 0 Å². The fraction of sp³-hybridized carbons (Fsp3) is 0.909. The molecule has 2 aliphatic heterocycles. The molecule has 80 valence electrons. The lowest BCUT2D eigenvalue weighted by molar-refractivity contribution is -0.117. The molecule has 2 fully saturated rings. The van der Waals surface area contributed by atoms with Crippen molar-refractivity contribution in [2.45, 2.75) is 32.2 Å². The maximum atomic E-state index is 10.9. The highest BCUT2D eigenvalue weighted by Crippen LogP contribution is 2.21. The summed E-state index contributed by atoms with van der Waals surface area (Å²) in [6.45, 7) is 7.51. The molecule has 0 bridgehead atoms. The molecule has 3 heteroatoms. The first kappa shape index (κ1) is 10.1. The van der Waals surface area contributed by atoms with Crippen LogP contribution in [0.2, 0.25) is 0 Å². The number of hydrogen-bond acceptors (Lipinski definition) is 3. The Kier molecular flexibility index (Phi) is 3.19. The molecule has 1 atom stereocenters. The smallest absolute Gasteiger partial charge is 0.131 e. The molecule has 2 saturated heterocycles. The zero-order chi connectivity index (χ0) is 9.97. The third kappa shape index (κ3) is 2.34.